The number of carbonyl (C=O) groups excluding carboxylic acids is 2. The van der Waals surface area contributed by atoms with Gasteiger partial charge in [0.25, 0.3) is 5.91 Å². The second-order valence-corrected chi connectivity index (χ2v) is 7.51. The molecule has 3 rings (SSSR count). The fourth-order valence-corrected chi connectivity index (χ4v) is 3.65. The molecule has 0 spiro atoms. The third kappa shape index (κ3) is 5.26. The van der Waals surface area contributed by atoms with E-state index >= 15 is 0 Å². The molecule has 150 valence electrons. The number of esters is 1. The molecular formula is C22H22N2O4S. The number of para-hydroxylation sites is 1. The number of anilines is 1. The number of thioether (sulfide) groups is 1. The van der Waals surface area contributed by atoms with Crippen molar-refractivity contribution < 1.29 is 18.8 Å². The molecule has 0 saturated carbocycles. The minimum atomic E-state index is -0.913. The van der Waals surface area contributed by atoms with Gasteiger partial charge in [-0.15, -0.1) is 11.8 Å². The van der Waals surface area contributed by atoms with Gasteiger partial charge in [-0.1, -0.05) is 35.5 Å². The molecule has 1 heterocycles. The molecule has 2 aromatic carbocycles. The molecule has 0 unspecified atom stereocenters. The van der Waals surface area contributed by atoms with Crippen LogP contribution in [0.2, 0.25) is 0 Å². The van der Waals surface area contributed by atoms with Crippen LogP contribution >= 0.6 is 11.8 Å². The SMILES string of the molecule is Cc1cc(CSc2ccccc2C(=O)O[C@H](C)C(=O)N(C)c2ccccc2)no1. The number of rotatable bonds is 7. The van der Waals surface area contributed by atoms with Crippen molar-refractivity contribution in [1.29, 1.82) is 0 Å². The molecule has 1 amide bonds. The van der Waals surface area contributed by atoms with Crippen LogP contribution in [0.3, 0.4) is 0 Å². The number of hydrogen-bond donors (Lipinski definition) is 0. The Balaban J connectivity index is 1.66. The monoisotopic (exact) mass is 410 g/mol. The summed E-state index contributed by atoms with van der Waals surface area (Å²) in [6.07, 6.45) is -0.913. The number of likely N-dealkylation sites (N-methyl/N-ethyl adjacent to an activating group) is 1. The van der Waals surface area contributed by atoms with Gasteiger partial charge in [0.1, 0.15) is 5.76 Å². The fourth-order valence-electron chi connectivity index (χ4n) is 2.72. The van der Waals surface area contributed by atoms with E-state index in [9.17, 15) is 9.59 Å². The molecule has 7 heteroatoms. The Morgan fingerprint density at radius 3 is 2.52 bits per heavy atom. The lowest BCUT2D eigenvalue weighted by atomic mass is 10.2. The second-order valence-electron chi connectivity index (χ2n) is 6.49. The lowest BCUT2D eigenvalue weighted by molar-refractivity contribution is -0.126. The molecular weight excluding hydrogens is 388 g/mol. The second kappa shape index (κ2) is 9.43. The lowest BCUT2D eigenvalue weighted by Gasteiger charge is -2.21. The van der Waals surface area contributed by atoms with Crippen molar-refractivity contribution in [2.24, 2.45) is 0 Å². The molecule has 1 atom stereocenters. The number of aryl methyl sites for hydroxylation is 1. The summed E-state index contributed by atoms with van der Waals surface area (Å²) in [4.78, 5) is 27.6. The van der Waals surface area contributed by atoms with Crippen LogP contribution in [0.5, 0.6) is 0 Å². The Labute approximate surface area is 173 Å². The van der Waals surface area contributed by atoms with Gasteiger partial charge >= 0.3 is 5.97 Å². The Morgan fingerprint density at radius 2 is 1.83 bits per heavy atom. The van der Waals surface area contributed by atoms with Crippen molar-refractivity contribution in [2.75, 3.05) is 11.9 Å². The van der Waals surface area contributed by atoms with Gasteiger partial charge < -0.3 is 14.2 Å². The Kier molecular flexibility index (Phi) is 6.72. The highest BCUT2D eigenvalue weighted by Gasteiger charge is 2.24. The molecule has 0 fully saturated rings. The summed E-state index contributed by atoms with van der Waals surface area (Å²) >= 11 is 1.46. The zero-order chi connectivity index (χ0) is 20.8. The molecule has 0 saturated heterocycles. The van der Waals surface area contributed by atoms with Gasteiger partial charge in [0.15, 0.2) is 6.10 Å². The zero-order valence-electron chi connectivity index (χ0n) is 16.5. The largest absolute Gasteiger partial charge is 0.449 e. The molecule has 0 aliphatic heterocycles. The predicted octanol–water partition coefficient (Wildman–Crippen LogP) is 4.48. The first-order chi connectivity index (χ1) is 14.0. The van der Waals surface area contributed by atoms with Gasteiger partial charge in [0.2, 0.25) is 0 Å². The number of carbonyl (C=O) groups is 2. The van der Waals surface area contributed by atoms with Gasteiger partial charge in [-0.05, 0) is 38.1 Å². The van der Waals surface area contributed by atoms with Crippen molar-refractivity contribution in [3.63, 3.8) is 0 Å². The average Bonchev–Trinajstić information content (AvgIpc) is 3.17. The summed E-state index contributed by atoms with van der Waals surface area (Å²) in [5.41, 5.74) is 1.95. The standard InChI is InChI=1S/C22H22N2O4S/c1-15-13-17(23-28-15)14-29-20-12-8-7-11-19(20)22(26)27-16(2)21(25)24(3)18-9-5-4-6-10-18/h4-13,16H,14H2,1-3H3/t16-/m1/s1. The summed E-state index contributed by atoms with van der Waals surface area (Å²) < 4.78 is 10.5. The zero-order valence-corrected chi connectivity index (χ0v) is 17.3. The number of ether oxygens (including phenoxy) is 1. The maximum atomic E-state index is 12.7. The summed E-state index contributed by atoms with van der Waals surface area (Å²) in [6.45, 7) is 3.41. The highest BCUT2D eigenvalue weighted by atomic mass is 32.2. The Bertz CT molecular complexity index is 987. The van der Waals surface area contributed by atoms with Gasteiger partial charge in [-0.25, -0.2) is 4.79 Å². The summed E-state index contributed by atoms with van der Waals surface area (Å²) in [5.74, 6) is 0.468. The number of hydrogen-bond acceptors (Lipinski definition) is 6. The van der Waals surface area contributed by atoms with Crippen molar-refractivity contribution in [3.05, 3.63) is 77.7 Å². The molecule has 0 radical (unpaired) electrons. The van der Waals surface area contributed by atoms with E-state index in [2.05, 4.69) is 5.16 Å². The summed E-state index contributed by atoms with van der Waals surface area (Å²) in [5, 5.41) is 3.96. The first kappa shape index (κ1) is 20.7. The van der Waals surface area contributed by atoms with Crippen LogP contribution in [0.15, 0.2) is 70.1 Å². The molecule has 0 bridgehead atoms. The molecule has 6 nitrogen and oxygen atoms in total. The lowest BCUT2D eigenvalue weighted by Crippen LogP contribution is -2.37. The molecule has 0 aliphatic rings. The van der Waals surface area contributed by atoms with E-state index < -0.39 is 12.1 Å². The summed E-state index contributed by atoms with van der Waals surface area (Å²) in [6, 6.07) is 18.2. The van der Waals surface area contributed by atoms with E-state index in [0.29, 0.717) is 11.3 Å². The molecule has 3 aromatic rings. The molecule has 0 aliphatic carbocycles. The minimum Gasteiger partial charge on any atom is -0.449 e. The quantitative estimate of drug-likeness (QED) is 0.422. The van der Waals surface area contributed by atoms with Crippen molar-refractivity contribution in [2.45, 2.75) is 30.6 Å². The minimum absolute atomic E-state index is 0.298. The number of aromatic nitrogens is 1. The Morgan fingerprint density at radius 1 is 1.14 bits per heavy atom. The van der Waals surface area contributed by atoms with Crippen LogP contribution in [-0.4, -0.2) is 30.2 Å². The van der Waals surface area contributed by atoms with Crippen LogP contribution in [0, 0.1) is 6.92 Å². The maximum absolute atomic E-state index is 12.7. The van der Waals surface area contributed by atoms with Crippen LogP contribution in [-0.2, 0) is 15.3 Å². The molecule has 0 N–H and O–H groups in total. The van der Waals surface area contributed by atoms with E-state index in [-0.39, 0.29) is 5.91 Å². The normalized spacial score (nSPS) is 11.7. The van der Waals surface area contributed by atoms with Crippen LogP contribution in [0.25, 0.3) is 0 Å². The number of amides is 1. The van der Waals surface area contributed by atoms with Crippen LogP contribution in [0.1, 0.15) is 28.7 Å². The van der Waals surface area contributed by atoms with E-state index in [1.165, 1.54) is 16.7 Å². The smallest absolute Gasteiger partial charge is 0.340 e. The third-order valence-electron chi connectivity index (χ3n) is 4.26. The van der Waals surface area contributed by atoms with E-state index in [1.54, 1.807) is 26.1 Å². The first-order valence-corrected chi connectivity index (χ1v) is 10.1. The highest BCUT2D eigenvalue weighted by Crippen LogP contribution is 2.27. The Hall–Kier alpha value is -3.06. The number of benzene rings is 2. The van der Waals surface area contributed by atoms with Crippen molar-refractivity contribution in [3.8, 4) is 0 Å². The van der Waals surface area contributed by atoms with E-state index in [4.69, 9.17) is 9.26 Å². The van der Waals surface area contributed by atoms with Crippen molar-refractivity contribution >= 4 is 29.3 Å². The predicted molar refractivity (Wildman–Crippen MR) is 112 cm³/mol. The molecule has 29 heavy (non-hydrogen) atoms. The van der Waals surface area contributed by atoms with Crippen molar-refractivity contribution in [1.82, 2.24) is 5.16 Å². The highest BCUT2D eigenvalue weighted by molar-refractivity contribution is 7.98. The maximum Gasteiger partial charge on any atom is 0.340 e. The van der Waals surface area contributed by atoms with Crippen LogP contribution in [0.4, 0.5) is 5.69 Å². The van der Waals surface area contributed by atoms with Gasteiger partial charge in [-0.2, -0.15) is 0 Å². The van der Waals surface area contributed by atoms with Gasteiger partial charge in [-0.3, -0.25) is 4.79 Å². The molecule has 1 aromatic heterocycles. The third-order valence-corrected chi connectivity index (χ3v) is 5.37. The first-order valence-electron chi connectivity index (χ1n) is 9.13. The van der Waals surface area contributed by atoms with Gasteiger partial charge in [0, 0.05) is 29.4 Å². The fraction of sp³-hybridized carbons (Fsp3) is 0.227. The number of nitrogens with zero attached hydrogens (tertiary/aromatic N) is 2. The average molecular weight is 410 g/mol. The summed E-state index contributed by atoms with van der Waals surface area (Å²) in [7, 11) is 1.66. The topological polar surface area (TPSA) is 72.6 Å². The van der Waals surface area contributed by atoms with Gasteiger partial charge in [0.05, 0.1) is 11.3 Å². The van der Waals surface area contributed by atoms with Crippen LogP contribution < -0.4 is 4.90 Å². The van der Waals surface area contributed by atoms with E-state index in [1.807, 2.05) is 55.5 Å². The van der Waals surface area contributed by atoms with E-state index in [0.717, 1.165) is 22.0 Å².